The summed E-state index contributed by atoms with van der Waals surface area (Å²) in [7, 11) is 1.68. The second kappa shape index (κ2) is 6.55. The first-order valence-electron chi connectivity index (χ1n) is 6.27. The van der Waals surface area contributed by atoms with Crippen molar-refractivity contribution in [1.82, 2.24) is 15.2 Å². The van der Waals surface area contributed by atoms with Gasteiger partial charge in [0, 0.05) is 11.1 Å². The van der Waals surface area contributed by atoms with E-state index in [1.165, 1.54) is 0 Å². The minimum atomic E-state index is 0.806. The van der Waals surface area contributed by atoms with Crippen molar-refractivity contribution in [2.75, 3.05) is 7.11 Å². The van der Waals surface area contributed by atoms with Crippen LogP contribution in [0, 0.1) is 6.92 Å². The van der Waals surface area contributed by atoms with Gasteiger partial charge in [0.2, 0.25) is 0 Å². The predicted octanol–water partition coefficient (Wildman–Crippen LogP) is 4.27. The second-order valence-corrected chi connectivity index (χ2v) is 7.48. The molecule has 3 rings (SSSR count). The van der Waals surface area contributed by atoms with Crippen LogP contribution in [0.4, 0.5) is 0 Å². The van der Waals surface area contributed by atoms with Crippen LogP contribution in [0.25, 0.3) is 10.6 Å². The molecule has 7 heteroatoms. The third-order valence-corrected chi connectivity index (χ3v) is 5.67. The monoisotopic (exact) mass is 335 g/mol. The number of thioether (sulfide) groups is 1. The van der Waals surface area contributed by atoms with Gasteiger partial charge in [-0.25, -0.2) is 4.98 Å². The van der Waals surface area contributed by atoms with E-state index in [0.717, 1.165) is 37.1 Å². The van der Waals surface area contributed by atoms with Crippen molar-refractivity contribution in [3.05, 3.63) is 40.3 Å². The van der Waals surface area contributed by atoms with Crippen molar-refractivity contribution < 1.29 is 4.74 Å². The lowest BCUT2D eigenvalue weighted by atomic mass is 10.2. The maximum Gasteiger partial charge on any atom is 0.174 e. The molecular weight excluding hydrogens is 322 g/mol. The maximum absolute atomic E-state index is 5.39. The molecule has 0 aliphatic carbocycles. The van der Waals surface area contributed by atoms with Crippen molar-refractivity contribution in [3.8, 4) is 16.3 Å². The van der Waals surface area contributed by atoms with Crippen molar-refractivity contribution in [3.63, 3.8) is 0 Å². The smallest absolute Gasteiger partial charge is 0.174 e. The van der Waals surface area contributed by atoms with E-state index in [9.17, 15) is 0 Å². The number of para-hydroxylation sites is 1. The third kappa shape index (κ3) is 3.42. The molecule has 3 aromatic rings. The molecule has 0 N–H and O–H groups in total. The quantitative estimate of drug-likeness (QED) is 0.652. The number of methoxy groups -OCH3 is 1. The van der Waals surface area contributed by atoms with Gasteiger partial charge in [0.15, 0.2) is 4.34 Å². The number of nitrogens with zero attached hydrogens (tertiary/aromatic N) is 3. The first-order chi connectivity index (χ1) is 10.3. The van der Waals surface area contributed by atoms with Crippen LogP contribution in [-0.2, 0) is 5.75 Å². The van der Waals surface area contributed by atoms with E-state index in [4.69, 9.17) is 4.74 Å². The van der Waals surface area contributed by atoms with Crippen molar-refractivity contribution in [2.45, 2.75) is 17.0 Å². The number of aromatic nitrogens is 3. The number of aryl methyl sites for hydroxylation is 1. The fraction of sp³-hybridized carbons (Fsp3) is 0.214. The number of benzene rings is 1. The van der Waals surface area contributed by atoms with E-state index in [1.807, 2.05) is 31.2 Å². The van der Waals surface area contributed by atoms with Gasteiger partial charge in [0.05, 0.1) is 18.4 Å². The van der Waals surface area contributed by atoms with Crippen molar-refractivity contribution in [1.29, 1.82) is 0 Å². The number of rotatable bonds is 5. The number of thiazole rings is 1. The Labute approximate surface area is 135 Å². The Balaban J connectivity index is 1.74. The van der Waals surface area contributed by atoms with E-state index in [2.05, 4.69) is 20.6 Å². The second-order valence-electron chi connectivity index (χ2n) is 4.22. The summed E-state index contributed by atoms with van der Waals surface area (Å²) in [6.07, 6.45) is 0. The molecule has 0 amide bonds. The topological polar surface area (TPSA) is 47.9 Å². The van der Waals surface area contributed by atoms with Crippen LogP contribution >= 0.6 is 34.4 Å². The number of hydrogen-bond donors (Lipinski definition) is 0. The summed E-state index contributed by atoms with van der Waals surface area (Å²) in [6, 6.07) is 7.94. The molecule has 0 fully saturated rings. The molecular formula is C14H13N3OS3. The highest BCUT2D eigenvalue weighted by atomic mass is 32.2. The molecule has 0 aliphatic rings. The fourth-order valence-electron chi connectivity index (χ4n) is 1.79. The highest BCUT2D eigenvalue weighted by Crippen LogP contribution is 2.33. The largest absolute Gasteiger partial charge is 0.496 e. The molecule has 4 nitrogen and oxygen atoms in total. The Hall–Kier alpha value is -1.44. The van der Waals surface area contributed by atoms with E-state index in [1.54, 1.807) is 41.5 Å². The van der Waals surface area contributed by atoms with E-state index < -0.39 is 0 Å². The van der Waals surface area contributed by atoms with E-state index >= 15 is 0 Å². The van der Waals surface area contributed by atoms with Crippen LogP contribution in [-0.4, -0.2) is 22.3 Å². The van der Waals surface area contributed by atoms with Gasteiger partial charge in [-0.05, 0) is 19.1 Å². The van der Waals surface area contributed by atoms with Crippen LogP contribution in [0.1, 0.15) is 10.7 Å². The molecule has 0 aliphatic heterocycles. The molecule has 0 radical (unpaired) electrons. The lowest BCUT2D eigenvalue weighted by molar-refractivity contribution is 0.416. The van der Waals surface area contributed by atoms with Crippen LogP contribution in [0.15, 0.2) is 34.0 Å². The molecule has 1 aromatic carbocycles. The van der Waals surface area contributed by atoms with Gasteiger partial charge in [-0.2, -0.15) is 0 Å². The summed E-state index contributed by atoms with van der Waals surface area (Å²) >= 11 is 4.92. The van der Waals surface area contributed by atoms with E-state index in [0.29, 0.717) is 0 Å². The zero-order chi connectivity index (χ0) is 14.7. The number of ether oxygens (including phenoxy) is 1. The highest BCUT2D eigenvalue weighted by Gasteiger charge is 2.10. The van der Waals surface area contributed by atoms with Gasteiger partial charge < -0.3 is 4.74 Å². The highest BCUT2D eigenvalue weighted by molar-refractivity contribution is 8.00. The fourth-order valence-corrected chi connectivity index (χ4v) is 4.45. The SMILES string of the molecule is COc1ccccc1-c1nc(CSc2nnc(C)s2)cs1. The molecule has 21 heavy (non-hydrogen) atoms. The van der Waals surface area contributed by atoms with Crippen molar-refractivity contribution in [2.24, 2.45) is 0 Å². The molecule has 0 saturated carbocycles. The molecule has 0 saturated heterocycles. The molecule has 2 heterocycles. The Morgan fingerprint density at radius 3 is 2.86 bits per heavy atom. The normalized spacial score (nSPS) is 10.8. The van der Waals surface area contributed by atoms with Gasteiger partial charge in [0.1, 0.15) is 15.8 Å². The molecule has 108 valence electrons. The van der Waals surface area contributed by atoms with Gasteiger partial charge in [-0.3, -0.25) is 0 Å². The van der Waals surface area contributed by atoms with E-state index in [-0.39, 0.29) is 0 Å². The summed E-state index contributed by atoms with van der Waals surface area (Å²) in [6.45, 7) is 1.96. The summed E-state index contributed by atoms with van der Waals surface area (Å²) in [5, 5.41) is 12.2. The Morgan fingerprint density at radius 2 is 2.10 bits per heavy atom. The first kappa shape index (κ1) is 14.5. The molecule has 0 spiro atoms. The molecule has 0 atom stereocenters. The summed E-state index contributed by atoms with van der Waals surface area (Å²) in [5.74, 6) is 1.66. The summed E-state index contributed by atoms with van der Waals surface area (Å²) < 4.78 is 6.37. The number of hydrogen-bond acceptors (Lipinski definition) is 7. The van der Waals surface area contributed by atoms with Crippen LogP contribution in [0.2, 0.25) is 0 Å². The maximum atomic E-state index is 5.39. The third-order valence-electron chi connectivity index (χ3n) is 2.74. The van der Waals surface area contributed by atoms with Crippen LogP contribution < -0.4 is 4.74 Å². The lowest BCUT2D eigenvalue weighted by Gasteiger charge is -2.04. The molecule has 0 unspecified atom stereocenters. The Morgan fingerprint density at radius 1 is 1.24 bits per heavy atom. The first-order valence-corrected chi connectivity index (χ1v) is 8.95. The minimum Gasteiger partial charge on any atom is -0.496 e. The lowest BCUT2D eigenvalue weighted by Crippen LogP contribution is -1.87. The average molecular weight is 335 g/mol. The zero-order valence-corrected chi connectivity index (χ0v) is 14.0. The Kier molecular flexibility index (Phi) is 4.52. The van der Waals surface area contributed by atoms with Gasteiger partial charge in [0.25, 0.3) is 0 Å². The van der Waals surface area contributed by atoms with Crippen LogP contribution in [0.5, 0.6) is 5.75 Å². The van der Waals surface area contributed by atoms with Gasteiger partial charge in [-0.1, -0.05) is 35.2 Å². The predicted molar refractivity (Wildman–Crippen MR) is 88.3 cm³/mol. The Bertz CT molecular complexity index is 738. The zero-order valence-electron chi connectivity index (χ0n) is 11.6. The van der Waals surface area contributed by atoms with Crippen molar-refractivity contribution >= 4 is 34.4 Å². The van der Waals surface area contributed by atoms with Gasteiger partial charge >= 0.3 is 0 Å². The standard InChI is InChI=1S/C14H13N3OS3/c1-9-16-17-14(21-9)20-8-10-7-19-13(15-10)11-5-3-4-6-12(11)18-2/h3-7H,8H2,1-2H3. The average Bonchev–Trinajstić information content (AvgIpc) is 3.14. The molecule has 0 bridgehead atoms. The summed E-state index contributed by atoms with van der Waals surface area (Å²) in [5.41, 5.74) is 2.09. The minimum absolute atomic E-state index is 0.806. The summed E-state index contributed by atoms with van der Waals surface area (Å²) in [4.78, 5) is 4.69. The molecule has 2 aromatic heterocycles. The van der Waals surface area contributed by atoms with Gasteiger partial charge in [-0.15, -0.1) is 21.5 Å². The van der Waals surface area contributed by atoms with Crippen LogP contribution in [0.3, 0.4) is 0 Å².